The summed E-state index contributed by atoms with van der Waals surface area (Å²) in [7, 11) is -0.712. The van der Waals surface area contributed by atoms with Gasteiger partial charge < -0.3 is 10.1 Å². The summed E-state index contributed by atoms with van der Waals surface area (Å²) in [4.78, 5) is 24.4. The molecule has 8 heteroatoms. The molecular weight excluding hydrogens is 380 g/mol. The summed E-state index contributed by atoms with van der Waals surface area (Å²) in [6, 6.07) is 12.8. The van der Waals surface area contributed by atoms with E-state index in [0.29, 0.717) is 23.6 Å². The number of nitrogens with zero attached hydrogens (tertiary/aromatic N) is 1. The number of carbonyl (C=O) groups is 2. The maximum atomic E-state index is 12.2. The molecule has 0 fully saturated rings. The Balaban J connectivity index is 1.94. The van der Waals surface area contributed by atoms with Crippen LogP contribution in [0.3, 0.4) is 0 Å². The first-order valence-corrected chi connectivity index (χ1v) is 10.3. The fraction of sp³-hybridized carbons (Fsp3) is 0.300. The van der Waals surface area contributed by atoms with Crippen molar-refractivity contribution in [3.8, 4) is 5.75 Å². The summed E-state index contributed by atoms with van der Waals surface area (Å²) >= 11 is 0. The van der Waals surface area contributed by atoms with E-state index >= 15 is 0 Å². The minimum absolute atomic E-state index is 0.00327. The normalized spacial score (nSPS) is 11.3. The molecule has 1 amide bonds. The molecule has 2 aromatic carbocycles. The maximum Gasteiger partial charge on any atom is 0.242 e. The van der Waals surface area contributed by atoms with Crippen molar-refractivity contribution in [2.45, 2.75) is 24.7 Å². The number of hydrogen-bond acceptors (Lipinski definition) is 5. The lowest BCUT2D eigenvalue weighted by atomic mass is 10.1. The molecule has 1 N–H and O–H groups in total. The summed E-state index contributed by atoms with van der Waals surface area (Å²) < 4.78 is 30.8. The predicted molar refractivity (Wildman–Crippen MR) is 107 cm³/mol. The van der Waals surface area contributed by atoms with Crippen molar-refractivity contribution in [1.82, 2.24) is 4.31 Å². The molecule has 0 aliphatic rings. The number of rotatable bonds is 9. The van der Waals surface area contributed by atoms with Crippen LogP contribution in [0.2, 0.25) is 0 Å². The van der Waals surface area contributed by atoms with E-state index in [1.807, 2.05) is 6.92 Å². The van der Waals surface area contributed by atoms with Gasteiger partial charge in [0.05, 0.1) is 11.5 Å². The fourth-order valence-corrected chi connectivity index (χ4v) is 3.39. The number of hydrogen-bond donors (Lipinski definition) is 1. The summed E-state index contributed by atoms with van der Waals surface area (Å²) in [5.74, 6) is 0.171. The number of carbonyl (C=O) groups excluding carboxylic acids is 2. The van der Waals surface area contributed by atoms with Crippen LogP contribution in [0.25, 0.3) is 0 Å². The average molecular weight is 404 g/mol. The van der Waals surface area contributed by atoms with Crippen LogP contribution in [0.5, 0.6) is 5.75 Å². The van der Waals surface area contributed by atoms with E-state index < -0.39 is 10.0 Å². The smallest absolute Gasteiger partial charge is 0.242 e. The van der Waals surface area contributed by atoms with Gasteiger partial charge in [0.2, 0.25) is 15.9 Å². The first-order valence-electron chi connectivity index (χ1n) is 8.82. The molecule has 0 unspecified atom stereocenters. The van der Waals surface area contributed by atoms with Gasteiger partial charge in [-0.15, -0.1) is 0 Å². The molecule has 2 rings (SSSR count). The fourth-order valence-electron chi connectivity index (χ4n) is 2.44. The van der Waals surface area contributed by atoms with Crippen molar-refractivity contribution >= 4 is 27.4 Å². The second-order valence-corrected chi connectivity index (χ2v) is 8.40. The monoisotopic (exact) mass is 404 g/mol. The molecule has 0 saturated heterocycles. The highest BCUT2D eigenvalue weighted by molar-refractivity contribution is 7.89. The van der Waals surface area contributed by atoms with Crippen molar-refractivity contribution in [2.75, 3.05) is 26.0 Å². The summed E-state index contributed by atoms with van der Waals surface area (Å²) in [5.41, 5.74) is 0.872. The Bertz CT molecular complexity index is 937. The summed E-state index contributed by atoms with van der Waals surface area (Å²) in [5, 5.41) is 2.63. The van der Waals surface area contributed by atoms with E-state index in [0.717, 1.165) is 4.31 Å². The topological polar surface area (TPSA) is 92.8 Å². The van der Waals surface area contributed by atoms with Gasteiger partial charge in [-0.25, -0.2) is 12.7 Å². The zero-order valence-electron chi connectivity index (χ0n) is 16.1. The third-order valence-corrected chi connectivity index (χ3v) is 5.77. The molecule has 0 atom stereocenters. The number of ether oxygens (including phenoxy) is 1. The Hall–Kier alpha value is -2.71. The number of Topliss-reactive ketones (excluding diaryl/α,β-unsaturated/α-hetero) is 1. The maximum absolute atomic E-state index is 12.2. The van der Waals surface area contributed by atoms with Gasteiger partial charge in [0.15, 0.2) is 5.78 Å². The molecule has 0 saturated carbocycles. The Labute approximate surface area is 165 Å². The first kappa shape index (κ1) is 21.6. The molecule has 7 nitrogen and oxygen atoms in total. The quantitative estimate of drug-likeness (QED) is 0.649. The third kappa shape index (κ3) is 5.64. The van der Waals surface area contributed by atoms with E-state index in [9.17, 15) is 18.0 Å². The van der Waals surface area contributed by atoms with E-state index in [4.69, 9.17) is 4.74 Å². The zero-order chi connectivity index (χ0) is 20.7. The van der Waals surface area contributed by atoms with Crippen LogP contribution in [0.1, 0.15) is 30.1 Å². The van der Waals surface area contributed by atoms with Crippen LogP contribution in [-0.4, -0.2) is 45.1 Å². The average Bonchev–Trinajstić information content (AvgIpc) is 2.67. The Morgan fingerprint density at radius 3 is 2.32 bits per heavy atom. The predicted octanol–water partition coefficient (Wildman–Crippen LogP) is 2.94. The number of sulfonamides is 1. The van der Waals surface area contributed by atoms with E-state index in [-0.39, 0.29) is 29.4 Å². The standard InChI is InChI=1S/C20H24N2O5S/c1-4-27-17-10-8-15(9-11-17)19(23)12-13-20(24)21-16-6-5-7-18(14-16)28(25,26)22(2)3/h5-11,14H,4,12-13H2,1-3H3,(H,21,24). The molecular formula is C20H24N2O5S. The molecule has 0 bridgehead atoms. The highest BCUT2D eigenvalue weighted by Gasteiger charge is 2.18. The minimum atomic E-state index is -3.59. The number of ketones is 1. The van der Waals surface area contributed by atoms with Crippen LogP contribution in [0, 0.1) is 0 Å². The molecule has 28 heavy (non-hydrogen) atoms. The molecule has 150 valence electrons. The third-order valence-electron chi connectivity index (χ3n) is 3.96. The summed E-state index contributed by atoms with van der Waals surface area (Å²) in [6.07, 6.45) is 0.0478. The van der Waals surface area contributed by atoms with Crippen molar-refractivity contribution < 1.29 is 22.7 Å². The molecule has 0 spiro atoms. The SMILES string of the molecule is CCOc1ccc(C(=O)CCC(=O)Nc2cccc(S(=O)(=O)N(C)C)c2)cc1. The van der Waals surface area contributed by atoms with Gasteiger partial charge in [0, 0.05) is 38.2 Å². The Kier molecular flexibility index (Phi) is 7.31. The van der Waals surface area contributed by atoms with Gasteiger partial charge in [0.1, 0.15) is 5.75 Å². The van der Waals surface area contributed by atoms with Crippen molar-refractivity contribution in [2.24, 2.45) is 0 Å². The lowest BCUT2D eigenvalue weighted by Crippen LogP contribution is -2.22. The van der Waals surface area contributed by atoms with E-state index in [2.05, 4.69) is 5.32 Å². The van der Waals surface area contributed by atoms with Crippen molar-refractivity contribution in [3.05, 3.63) is 54.1 Å². The van der Waals surface area contributed by atoms with Crippen LogP contribution in [-0.2, 0) is 14.8 Å². The largest absolute Gasteiger partial charge is 0.494 e. The highest BCUT2D eigenvalue weighted by Crippen LogP contribution is 2.19. The molecule has 0 radical (unpaired) electrons. The Morgan fingerprint density at radius 2 is 1.71 bits per heavy atom. The summed E-state index contributed by atoms with van der Waals surface area (Å²) in [6.45, 7) is 2.42. The van der Waals surface area contributed by atoms with Gasteiger partial charge in [-0.3, -0.25) is 9.59 Å². The molecule has 0 aliphatic heterocycles. The number of amides is 1. The van der Waals surface area contributed by atoms with Crippen LogP contribution in [0.15, 0.2) is 53.4 Å². The van der Waals surface area contributed by atoms with Gasteiger partial charge >= 0.3 is 0 Å². The van der Waals surface area contributed by atoms with Crippen LogP contribution < -0.4 is 10.1 Å². The lowest BCUT2D eigenvalue weighted by Gasteiger charge is -2.12. The number of anilines is 1. The van der Waals surface area contributed by atoms with Crippen molar-refractivity contribution in [1.29, 1.82) is 0 Å². The Morgan fingerprint density at radius 1 is 1.04 bits per heavy atom. The zero-order valence-corrected chi connectivity index (χ0v) is 17.0. The number of nitrogens with one attached hydrogen (secondary N) is 1. The second kappa shape index (κ2) is 9.48. The van der Waals surface area contributed by atoms with Crippen LogP contribution >= 0.6 is 0 Å². The number of benzene rings is 2. The highest BCUT2D eigenvalue weighted by atomic mass is 32.2. The van der Waals surface area contributed by atoms with Gasteiger partial charge in [0.25, 0.3) is 0 Å². The van der Waals surface area contributed by atoms with Gasteiger partial charge in [-0.05, 0) is 49.4 Å². The van der Waals surface area contributed by atoms with Crippen LogP contribution in [0.4, 0.5) is 5.69 Å². The molecule has 0 heterocycles. The van der Waals surface area contributed by atoms with E-state index in [1.165, 1.54) is 26.2 Å². The molecule has 2 aromatic rings. The second-order valence-electron chi connectivity index (χ2n) is 6.24. The van der Waals surface area contributed by atoms with Gasteiger partial charge in [-0.2, -0.15) is 0 Å². The van der Waals surface area contributed by atoms with E-state index in [1.54, 1.807) is 36.4 Å². The molecule has 0 aliphatic carbocycles. The lowest BCUT2D eigenvalue weighted by molar-refractivity contribution is -0.116. The molecule has 0 aromatic heterocycles. The van der Waals surface area contributed by atoms with Gasteiger partial charge in [-0.1, -0.05) is 6.07 Å². The van der Waals surface area contributed by atoms with Crippen molar-refractivity contribution in [3.63, 3.8) is 0 Å². The first-order chi connectivity index (χ1) is 13.2. The minimum Gasteiger partial charge on any atom is -0.494 e.